The van der Waals surface area contributed by atoms with Crippen molar-refractivity contribution in [2.24, 2.45) is 5.73 Å². The van der Waals surface area contributed by atoms with E-state index in [0.717, 1.165) is 18.2 Å². The number of alkyl halides is 2. The van der Waals surface area contributed by atoms with E-state index in [1.807, 2.05) is 0 Å². The van der Waals surface area contributed by atoms with E-state index in [1.54, 1.807) is 0 Å². The van der Waals surface area contributed by atoms with Crippen molar-refractivity contribution in [3.63, 3.8) is 0 Å². The van der Waals surface area contributed by atoms with Crippen LogP contribution in [0.2, 0.25) is 5.02 Å². The lowest BCUT2D eigenvalue weighted by Gasteiger charge is -2.21. The van der Waals surface area contributed by atoms with Crippen LogP contribution in [0.1, 0.15) is 12.5 Å². The fraction of sp³-hybridized carbons (Fsp3) is 0.333. The van der Waals surface area contributed by atoms with Crippen LogP contribution in [0.5, 0.6) is 0 Å². The summed E-state index contributed by atoms with van der Waals surface area (Å²) in [5.74, 6) is -3.90. The molecule has 0 bridgehead atoms. The Bertz CT molecular complexity index is 339. The molecule has 5 heteroatoms. The first-order valence-corrected chi connectivity index (χ1v) is 4.32. The average Bonchev–Trinajstić information content (AvgIpc) is 2.02. The predicted molar refractivity (Wildman–Crippen MR) is 49.0 cm³/mol. The Labute approximate surface area is 84.7 Å². The van der Waals surface area contributed by atoms with E-state index in [1.165, 1.54) is 6.92 Å². The molecule has 0 saturated carbocycles. The Hall–Kier alpha value is -0.740. The minimum Gasteiger partial charge on any atom is -0.323 e. The van der Waals surface area contributed by atoms with Gasteiger partial charge in [0.25, 0.3) is 5.92 Å². The van der Waals surface area contributed by atoms with Gasteiger partial charge < -0.3 is 5.73 Å². The van der Waals surface area contributed by atoms with Crippen LogP contribution in [0.3, 0.4) is 0 Å². The molecule has 0 spiro atoms. The SMILES string of the molecule is CC(N)C(F)(F)c1ccc(F)cc1Cl. The Morgan fingerprint density at radius 1 is 1.43 bits per heavy atom. The third-order valence-corrected chi connectivity index (χ3v) is 2.17. The molecule has 1 aromatic rings. The molecule has 0 aliphatic carbocycles. The van der Waals surface area contributed by atoms with Crippen LogP contribution in [-0.2, 0) is 5.92 Å². The molecule has 0 amide bonds. The Morgan fingerprint density at radius 3 is 2.43 bits per heavy atom. The van der Waals surface area contributed by atoms with Gasteiger partial charge >= 0.3 is 0 Å². The summed E-state index contributed by atoms with van der Waals surface area (Å²) in [6.45, 7) is 1.17. The fourth-order valence-corrected chi connectivity index (χ4v) is 1.30. The molecule has 0 aromatic heterocycles. The van der Waals surface area contributed by atoms with E-state index in [-0.39, 0.29) is 5.02 Å². The second-order valence-electron chi connectivity index (χ2n) is 3.04. The summed E-state index contributed by atoms with van der Waals surface area (Å²) < 4.78 is 39.3. The summed E-state index contributed by atoms with van der Waals surface area (Å²) in [7, 11) is 0. The van der Waals surface area contributed by atoms with Crippen LogP contribution in [0.15, 0.2) is 18.2 Å². The van der Waals surface area contributed by atoms with Crippen molar-refractivity contribution >= 4 is 11.6 Å². The number of rotatable bonds is 2. The Kier molecular flexibility index (Phi) is 3.07. The normalized spacial score (nSPS) is 14.1. The average molecular weight is 224 g/mol. The minimum atomic E-state index is -3.25. The second kappa shape index (κ2) is 3.79. The van der Waals surface area contributed by atoms with E-state index in [0.29, 0.717) is 0 Å². The quantitative estimate of drug-likeness (QED) is 0.820. The van der Waals surface area contributed by atoms with E-state index in [4.69, 9.17) is 17.3 Å². The summed E-state index contributed by atoms with van der Waals surface area (Å²) in [6, 6.07) is 1.34. The van der Waals surface area contributed by atoms with Crippen LogP contribution in [0.25, 0.3) is 0 Å². The molecule has 0 aliphatic heterocycles. The third kappa shape index (κ3) is 2.01. The maximum atomic E-state index is 13.3. The molecule has 2 N–H and O–H groups in total. The molecule has 1 nitrogen and oxygen atoms in total. The number of halogens is 4. The predicted octanol–water partition coefficient (Wildman–Crippen LogP) is 2.92. The standard InChI is InChI=1S/C9H9ClF3N/c1-5(14)9(12,13)7-3-2-6(11)4-8(7)10/h2-5H,14H2,1H3. The van der Waals surface area contributed by atoms with Crippen molar-refractivity contribution in [1.82, 2.24) is 0 Å². The van der Waals surface area contributed by atoms with Crippen molar-refractivity contribution in [2.45, 2.75) is 18.9 Å². The second-order valence-corrected chi connectivity index (χ2v) is 3.44. The van der Waals surface area contributed by atoms with Crippen LogP contribution >= 0.6 is 11.6 Å². The van der Waals surface area contributed by atoms with E-state index in [2.05, 4.69) is 0 Å². The van der Waals surface area contributed by atoms with Gasteiger partial charge in [-0.1, -0.05) is 11.6 Å². The monoisotopic (exact) mass is 223 g/mol. The van der Waals surface area contributed by atoms with Gasteiger partial charge in [0.2, 0.25) is 0 Å². The highest BCUT2D eigenvalue weighted by Crippen LogP contribution is 2.35. The van der Waals surface area contributed by atoms with Crippen molar-refractivity contribution in [2.75, 3.05) is 0 Å². The van der Waals surface area contributed by atoms with Gasteiger partial charge in [-0.05, 0) is 25.1 Å². The summed E-state index contributed by atoms with van der Waals surface area (Å²) in [4.78, 5) is 0. The van der Waals surface area contributed by atoms with Crippen molar-refractivity contribution in [3.8, 4) is 0 Å². The molecule has 0 heterocycles. The molecule has 1 unspecified atom stereocenters. The lowest BCUT2D eigenvalue weighted by atomic mass is 10.0. The van der Waals surface area contributed by atoms with Gasteiger partial charge in [-0.3, -0.25) is 0 Å². The topological polar surface area (TPSA) is 26.0 Å². The molecule has 0 aliphatic rings. The maximum Gasteiger partial charge on any atom is 0.289 e. The molecule has 0 fully saturated rings. The molecular formula is C9H9ClF3N. The first kappa shape index (κ1) is 11.3. The summed E-state index contributed by atoms with van der Waals surface area (Å²) in [5.41, 5.74) is 4.66. The molecule has 1 rings (SSSR count). The van der Waals surface area contributed by atoms with Gasteiger partial charge in [0.15, 0.2) is 0 Å². The van der Waals surface area contributed by atoms with E-state index >= 15 is 0 Å². The first-order valence-electron chi connectivity index (χ1n) is 3.94. The molecule has 1 atom stereocenters. The summed E-state index contributed by atoms with van der Waals surface area (Å²) in [5, 5.41) is -0.313. The van der Waals surface area contributed by atoms with Crippen LogP contribution in [0.4, 0.5) is 13.2 Å². The smallest absolute Gasteiger partial charge is 0.289 e. The maximum absolute atomic E-state index is 13.3. The Balaban J connectivity index is 3.19. The summed E-state index contributed by atoms with van der Waals surface area (Å²) >= 11 is 5.48. The summed E-state index contributed by atoms with van der Waals surface area (Å²) in [6.07, 6.45) is 0. The van der Waals surface area contributed by atoms with Gasteiger partial charge in [-0.15, -0.1) is 0 Å². The lowest BCUT2D eigenvalue weighted by molar-refractivity contribution is -0.0255. The van der Waals surface area contributed by atoms with Gasteiger partial charge in [0.05, 0.1) is 11.1 Å². The molecule has 14 heavy (non-hydrogen) atoms. The highest BCUT2D eigenvalue weighted by molar-refractivity contribution is 6.31. The van der Waals surface area contributed by atoms with Crippen molar-refractivity contribution in [1.29, 1.82) is 0 Å². The number of benzene rings is 1. The first-order chi connectivity index (χ1) is 6.35. The highest BCUT2D eigenvalue weighted by Gasteiger charge is 2.38. The largest absolute Gasteiger partial charge is 0.323 e. The minimum absolute atomic E-state index is 0.313. The molecule has 0 radical (unpaired) electrons. The van der Waals surface area contributed by atoms with Crippen molar-refractivity contribution in [3.05, 3.63) is 34.6 Å². The van der Waals surface area contributed by atoms with Crippen LogP contribution < -0.4 is 5.73 Å². The van der Waals surface area contributed by atoms with Gasteiger partial charge in [0.1, 0.15) is 5.82 Å². The van der Waals surface area contributed by atoms with Crippen LogP contribution in [0, 0.1) is 5.82 Å². The number of hydrogen-bond donors (Lipinski definition) is 1. The fourth-order valence-electron chi connectivity index (χ4n) is 1.01. The highest BCUT2D eigenvalue weighted by atomic mass is 35.5. The molecule has 78 valence electrons. The van der Waals surface area contributed by atoms with E-state index in [9.17, 15) is 13.2 Å². The molecule has 0 saturated heterocycles. The zero-order valence-corrected chi connectivity index (χ0v) is 8.15. The Morgan fingerprint density at radius 2 is 2.00 bits per heavy atom. The van der Waals surface area contributed by atoms with Crippen molar-refractivity contribution < 1.29 is 13.2 Å². The van der Waals surface area contributed by atoms with Gasteiger partial charge in [-0.25, -0.2) is 4.39 Å². The molecular weight excluding hydrogens is 215 g/mol. The number of nitrogens with two attached hydrogens (primary N) is 1. The van der Waals surface area contributed by atoms with E-state index < -0.39 is 23.3 Å². The van der Waals surface area contributed by atoms with Gasteiger partial charge in [0, 0.05) is 5.56 Å². The zero-order chi connectivity index (χ0) is 10.9. The van der Waals surface area contributed by atoms with Crippen LogP contribution in [-0.4, -0.2) is 6.04 Å². The molecule has 1 aromatic carbocycles. The third-order valence-electron chi connectivity index (χ3n) is 1.86. The lowest BCUT2D eigenvalue weighted by Crippen LogP contribution is -2.36. The number of hydrogen-bond acceptors (Lipinski definition) is 1. The van der Waals surface area contributed by atoms with Gasteiger partial charge in [-0.2, -0.15) is 8.78 Å². The zero-order valence-electron chi connectivity index (χ0n) is 7.40.